The lowest BCUT2D eigenvalue weighted by atomic mass is 9.76. The van der Waals surface area contributed by atoms with Crippen LogP contribution in [0.4, 0.5) is 0 Å². The van der Waals surface area contributed by atoms with E-state index in [0.29, 0.717) is 12.4 Å². The molecular weight excluding hydrogens is 478 g/mol. The molecule has 1 aromatic carbocycles. The van der Waals surface area contributed by atoms with Crippen molar-refractivity contribution in [3.05, 3.63) is 70.7 Å². The van der Waals surface area contributed by atoms with Gasteiger partial charge in [0.05, 0.1) is 12.6 Å². The lowest BCUT2D eigenvalue weighted by Gasteiger charge is -2.35. The minimum atomic E-state index is -0.113. The number of aryl methyl sites for hydroxylation is 1. The molecule has 1 fully saturated rings. The van der Waals surface area contributed by atoms with Crippen LogP contribution in [0.2, 0.25) is 0 Å². The third kappa shape index (κ3) is 5.10. The number of H-pyrrole nitrogens is 1. The summed E-state index contributed by atoms with van der Waals surface area (Å²) in [5.41, 5.74) is 4.86. The van der Waals surface area contributed by atoms with E-state index in [1.54, 1.807) is 13.1 Å². The first-order chi connectivity index (χ1) is 18.5. The molecule has 9 heteroatoms. The Kier molecular flexibility index (Phi) is 7.62. The first-order valence-corrected chi connectivity index (χ1v) is 13.6. The van der Waals surface area contributed by atoms with E-state index in [2.05, 4.69) is 39.5 Å². The van der Waals surface area contributed by atoms with Crippen molar-refractivity contribution in [2.45, 2.75) is 71.9 Å². The van der Waals surface area contributed by atoms with Gasteiger partial charge in [0.2, 0.25) is 5.82 Å². The van der Waals surface area contributed by atoms with Gasteiger partial charge in [-0.1, -0.05) is 51.0 Å². The molecule has 3 aromatic heterocycles. The zero-order valence-corrected chi connectivity index (χ0v) is 22.3. The van der Waals surface area contributed by atoms with E-state index in [1.807, 2.05) is 51.9 Å². The van der Waals surface area contributed by atoms with Crippen molar-refractivity contribution in [2.24, 2.45) is 11.8 Å². The van der Waals surface area contributed by atoms with E-state index in [9.17, 15) is 9.59 Å². The highest BCUT2D eigenvalue weighted by Crippen LogP contribution is 2.38. The fourth-order valence-corrected chi connectivity index (χ4v) is 5.89. The molecular formula is C29H35N7O2. The molecule has 9 nitrogen and oxygen atoms in total. The van der Waals surface area contributed by atoms with Crippen molar-refractivity contribution < 1.29 is 4.79 Å². The number of rotatable bonds is 9. The molecule has 0 spiro atoms. The van der Waals surface area contributed by atoms with Crippen LogP contribution >= 0.6 is 0 Å². The maximum Gasteiger partial charge on any atom is 0.328 e. The maximum atomic E-state index is 14.0. The monoisotopic (exact) mass is 513 g/mol. The van der Waals surface area contributed by atoms with Crippen LogP contribution in [0.15, 0.2) is 53.7 Å². The van der Waals surface area contributed by atoms with E-state index in [1.165, 1.54) is 0 Å². The average molecular weight is 514 g/mol. The molecule has 0 aliphatic heterocycles. The van der Waals surface area contributed by atoms with Crippen LogP contribution in [-0.2, 0) is 17.8 Å². The van der Waals surface area contributed by atoms with Crippen LogP contribution in [0.5, 0.6) is 0 Å². The summed E-state index contributed by atoms with van der Waals surface area (Å²) in [6.45, 7) is 6.42. The molecule has 3 unspecified atom stereocenters. The topological polar surface area (TPSA) is 111 Å². The van der Waals surface area contributed by atoms with Gasteiger partial charge in [-0.25, -0.2) is 4.79 Å². The zero-order chi connectivity index (χ0) is 26.6. The number of hydrogen-bond donors (Lipinski definition) is 1. The Morgan fingerprint density at radius 1 is 1.13 bits per heavy atom. The molecule has 5 rings (SSSR count). The van der Waals surface area contributed by atoms with Gasteiger partial charge in [-0.3, -0.25) is 18.9 Å². The first kappa shape index (κ1) is 25.8. The van der Waals surface area contributed by atoms with Gasteiger partial charge in [-0.2, -0.15) is 5.21 Å². The normalized spacial score (nSPS) is 19.5. The van der Waals surface area contributed by atoms with Crippen molar-refractivity contribution >= 4 is 5.78 Å². The zero-order valence-electron chi connectivity index (χ0n) is 22.3. The standard InChI is InChI=1S/C29H35N7O2/c1-4-5-8-24-18-36(27-19(2)7-6-9-25(27)20(3)37)29(38)35(24)17-23-16-30-15-14-26(23)21-10-12-22(13-11-21)28-31-33-34-32-28/h10-16,18-19,25,27H,4-9,17H2,1-3H3,(H,31,32,33,34). The van der Waals surface area contributed by atoms with Crippen LogP contribution < -0.4 is 5.69 Å². The summed E-state index contributed by atoms with van der Waals surface area (Å²) < 4.78 is 3.76. The molecule has 0 bridgehead atoms. The largest absolute Gasteiger partial charge is 0.328 e. The van der Waals surface area contributed by atoms with Gasteiger partial charge in [-0.15, -0.1) is 10.2 Å². The number of ketones is 1. The van der Waals surface area contributed by atoms with Crippen molar-refractivity contribution in [1.29, 1.82) is 0 Å². The number of tetrazole rings is 1. The molecule has 3 heterocycles. The summed E-state index contributed by atoms with van der Waals surface area (Å²) in [6, 6.07) is 9.87. The van der Waals surface area contributed by atoms with E-state index in [4.69, 9.17) is 0 Å². The van der Waals surface area contributed by atoms with Crippen molar-refractivity contribution in [2.75, 3.05) is 0 Å². The summed E-state index contributed by atoms with van der Waals surface area (Å²) in [7, 11) is 0. The number of pyridine rings is 1. The summed E-state index contributed by atoms with van der Waals surface area (Å²) in [6.07, 6.45) is 11.4. The second-order valence-electron chi connectivity index (χ2n) is 10.5. The molecule has 1 aliphatic rings. The SMILES string of the molecule is CCCCc1cn(C2C(C)CCCC2C(C)=O)c(=O)n1Cc1cnccc1-c1ccc(-c2nn[nH]n2)cc1. The fourth-order valence-electron chi connectivity index (χ4n) is 5.89. The Labute approximate surface area is 222 Å². The van der Waals surface area contributed by atoms with E-state index < -0.39 is 0 Å². The second kappa shape index (κ2) is 11.2. The number of aromatic nitrogens is 7. The van der Waals surface area contributed by atoms with Crippen molar-refractivity contribution in [1.82, 2.24) is 34.7 Å². The summed E-state index contributed by atoms with van der Waals surface area (Å²) in [5, 5.41) is 14.2. The Balaban J connectivity index is 1.52. The smallest absolute Gasteiger partial charge is 0.300 e. The molecule has 0 radical (unpaired) electrons. The van der Waals surface area contributed by atoms with Crippen LogP contribution in [0, 0.1) is 11.8 Å². The van der Waals surface area contributed by atoms with Gasteiger partial charge in [0, 0.05) is 35.8 Å². The van der Waals surface area contributed by atoms with Gasteiger partial charge in [0.25, 0.3) is 0 Å². The highest BCUT2D eigenvalue weighted by atomic mass is 16.2. The molecule has 0 saturated heterocycles. The number of Topliss-reactive ketones (excluding diaryl/α,β-unsaturated/α-hetero) is 1. The third-order valence-electron chi connectivity index (χ3n) is 7.92. The number of imidazole rings is 1. The van der Waals surface area contributed by atoms with E-state index in [0.717, 1.165) is 66.5 Å². The summed E-state index contributed by atoms with van der Waals surface area (Å²) in [4.78, 5) is 30.9. The van der Waals surface area contributed by atoms with Gasteiger partial charge >= 0.3 is 5.69 Å². The maximum absolute atomic E-state index is 14.0. The van der Waals surface area contributed by atoms with Crippen LogP contribution in [0.25, 0.3) is 22.5 Å². The van der Waals surface area contributed by atoms with Crippen LogP contribution in [-0.4, -0.2) is 40.5 Å². The molecule has 1 N–H and O–H groups in total. The van der Waals surface area contributed by atoms with Gasteiger partial charge in [-0.05, 0) is 66.5 Å². The number of hydrogen-bond acceptors (Lipinski definition) is 6. The van der Waals surface area contributed by atoms with Crippen molar-refractivity contribution in [3.8, 4) is 22.5 Å². The van der Waals surface area contributed by atoms with Gasteiger partial charge in [0.1, 0.15) is 5.78 Å². The van der Waals surface area contributed by atoms with Crippen LogP contribution in [0.1, 0.15) is 70.2 Å². The van der Waals surface area contributed by atoms with E-state index >= 15 is 0 Å². The highest BCUT2D eigenvalue weighted by Gasteiger charge is 2.36. The average Bonchev–Trinajstić information content (AvgIpc) is 3.57. The third-order valence-corrected chi connectivity index (χ3v) is 7.92. The number of carbonyl (C=O) groups is 1. The Bertz CT molecular complexity index is 1440. The summed E-state index contributed by atoms with van der Waals surface area (Å²) >= 11 is 0. The quantitative estimate of drug-likeness (QED) is 0.342. The minimum absolute atomic E-state index is 0.0386. The number of aromatic amines is 1. The first-order valence-electron chi connectivity index (χ1n) is 13.6. The number of unbranched alkanes of at least 4 members (excludes halogenated alkanes) is 1. The molecule has 3 atom stereocenters. The molecule has 1 saturated carbocycles. The molecule has 1 aliphatic carbocycles. The number of carbonyl (C=O) groups excluding carboxylic acids is 1. The minimum Gasteiger partial charge on any atom is -0.300 e. The molecule has 198 valence electrons. The van der Waals surface area contributed by atoms with Crippen molar-refractivity contribution in [3.63, 3.8) is 0 Å². The number of nitrogens with zero attached hydrogens (tertiary/aromatic N) is 6. The molecule has 4 aromatic rings. The van der Waals surface area contributed by atoms with E-state index in [-0.39, 0.29) is 29.4 Å². The number of benzene rings is 1. The number of nitrogens with one attached hydrogen (secondary N) is 1. The van der Waals surface area contributed by atoms with Gasteiger partial charge in [0.15, 0.2) is 0 Å². The van der Waals surface area contributed by atoms with Gasteiger partial charge < -0.3 is 0 Å². The second-order valence-corrected chi connectivity index (χ2v) is 10.5. The Morgan fingerprint density at radius 2 is 1.92 bits per heavy atom. The molecule has 0 amide bonds. The lowest BCUT2D eigenvalue weighted by Crippen LogP contribution is -2.39. The Morgan fingerprint density at radius 3 is 2.63 bits per heavy atom. The predicted octanol–water partition coefficient (Wildman–Crippen LogP) is 4.85. The summed E-state index contributed by atoms with van der Waals surface area (Å²) in [5.74, 6) is 0.880. The Hall–Kier alpha value is -3.88. The highest BCUT2D eigenvalue weighted by molar-refractivity contribution is 5.79. The lowest BCUT2D eigenvalue weighted by molar-refractivity contribution is -0.123. The fraction of sp³-hybridized carbons (Fsp3) is 0.448. The predicted molar refractivity (Wildman–Crippen MR) is 145 cm³/mol. The van der Waals surface area contributed by atoms with Crippen LogP contribution in [0.3, 0.4) is 0 Å². The molecule has 38 heavy (non-hydrogen) atoms.